The number of hydrogen-bond donors (Lipinski definition) is 0. The summed E-state index contributed by atoms with van der Waals surface area (Å²) in [6.45, 7) is -2.78. The minimum Gasteiger partial charge on any atom is -0.405 e. The summed E-state index contributed by atoms with van der Waals surface area (Å²) < 4.78 is 124. The van der Waals surface area contributed by atoms with Gasteiger partial charge in [0.2, 0.25) is 7.83 Å². The van der Waals surface area contributed by atoms with Gasteiger partial charge in [0.1, 0.15) is 19.8 Å². The summed E-state index contributed by atoms with van der Waals surface area (Å²) >= 11 is 0. The SMILES string of the molecule is C[Si](C)(OCC(F)(F)F)[Si](C)(OCC(F)(F)F)OCC(F)(F)F. The first-order valence-electron chi connectivity index (χ1n) is 5.99. The van der Waals surface area contributed by atoms with E-state index in [0.717, 1.165) is 19.6 Å². The Morgan fingerprint density at radius 2 is 0.826 bits per heavy atom. The zero-order chi connectivity index (χ0) is 18.7. The van der Waals surface area contributed by atoms with Gasteiger partial charge in [-0.1, -0.05) is 0 Å². The molecule has 0 spiro atoms. The van der Waals surface area contributed by atoms with E-state index in [1.165, 1.54) is 0 Å². The number of alkyl halides is 9. The van der Waals surface area contributed by atoms with Gasteiger partial charge in [-0.25, -0.2) is 0 Å². The van der Waals surface area contributed by atoms with Crippen LogP contribution >= 0.6 is 0 Å². The highest BCUT2D eigenvalue weighted by molar-refractivity contribution is 7.33. The van der Waals surface area contributed by atoms with Crippen molar-refractivity contribution in [3.8, 4) is 0 Å². The fraction of sp³-hybridized carbons (Fsp3) is 1.00. The molecule has 3 nitrogen and oxygen atoms in total. The van der Waals surface area contributed by atoms with Crippen LogP contribution in [0.15, 0.2) is 0 Å². The fourth-order valence-electron chi connectivity index (χ4n) is 1.22. The van der Waals surface area contributed by atoms with Crippen LogP contribution in [-0.2, 0) is 13.3 Å². The minimum absolute atomic E-state index is 0.840. The summed E-state index contributed by atoms with van der Waals surface area (Å²) in [5, 5.41) is 0. The van der Waals surface area contributed by atoms with Crippen LogP contribution < -0.4 is 0 Å². The lowest BCUT2D eigenvalue weighted by molar-refractivity contribution is -0.171. The minimum atomic E-state index is -4.87. The standard InChI is InChI=1S/C9H15F9O3Si2/c1-22(2,19-4-7(10,11)12)23(3,20-5-8(13,14)15)21-6-9(16,17)18/h4-6H2,1-3H3. The van der Waals surface area contributed by atoms with E-state index in [0.29, 0.717) is 0 Å². The zero-order valence-electron chi connectivity index (χ0n) is 12.2. The molecule has 0 unspecified atom stereocenters. The molecule has 0 aliphatic heterocycles. The van der Waals surface area contributed by atoms with Gasteiger partial charge >= 0.3 is 26.6 Å². The van der Waals surface area contributed by atoms with Gasteiger partial charge in [-0.2, -0.15) is 39.5 Å². The van der Waals surface area contributed by atoms with Crippen molar-refractivity contribution in [3.05, 3.63) is 0 Å². The maximum Gasteiger partial charge on any atom is 0.410 e. The Morgan fingerprint density at radius 3 is 1.09 bits per heavy atom. The maximum absolute atomic E-state index is 12.2. The van der Waals surface area contributed by atoms with E-state index in [-0.39, 0.29) is 0 Å². The van der Waals surface area contributed by atoms with Crippen LogP contribution in [0.4, 0.5) is 39.5 Å². The molecule has 0 saturated carbocycles. The molecule has 140 valence electrons. The summed E-state index contributed by atoms with van der Waals surface area (Å²) in [5.74, 6) is 0. The molecule has 0 aliphatic carbocycles. The molecule has 0 aliphatic rings. The Hall–Kier alpha value is -0.316. The molecule has 0 N–H and O–H groups in total. The van der Waals surface area contributed by atoms with Crippen molar-refractivity contribution in [2.45, 2.75) is 38.2 Å². The average molecular weight is 398 g/mol. The van der Waals surface area contributed by atoms with Crippen LogP contribution in [0.5, 0.6) is 0 Å². The maximum atomic E-state index is 12.2. The third-order valence-corrected chi connectivity index (χ3v) is 15.0. The third-order valence-electron chi connectivity index (χ3n) is 2.71. The van der Waals surface area contributed by atoms with Gasteiger partial charge in [0.05, 0.1) is 0 Å². The Labute approximate surface area is 127 Å². The van der Waals surface area contributed by atoms with Crippen molar-refractivity contribution in [2.24, 2.45) is 0 Å². The molecule has 0 saturated heterocycles. The molecule has 0 rings (SSSR count). The molecular weight excluding hydrogens is 383 g/mol. The van der Waals surface area contributed by atoms with Crippen LogP contribution in [-0.4, -0.2) is 54.3 Å². The van der Waals surface area contributed by atoms with Gasteiger partial charge in [0.25, 0.3) is 0 Å². The third kappa shape index (κ3) is 9.53. The Balaban J connectivity index is 5.20. The summed E-state index contributed by atoms with van der Waals surface area (Å²) in [4.78, 5) is 0. The van der Waals surface area contributed by atoms with E-state index in [1.807, 2.05) is 0 Å². The van der Waals surface area contributed by atoms with Crippen molar-refractivity contribution >= 4 is 15.9 Å². The quantitative estimate of drug-likeness (QED) is 0.478. The lowest BCUT2D eigenvalue weighted by Crippen LogP contribution is -2.65. The van der Waals surface area contributed by atoms with Crippen LogP contribution in [0.25, 0.3) is 0 Å². The van der Waals surface area contributed by atoms with E-state index in [4.69, 9.17) is 0 Å². The number of halogens is 9. The number of rotatable bonds is 7. The summed E-state index contributed by atoms with van der Waals surface area (Å²) in [5.41, 5.74) is 0. The lowest BCUT2D eigenvalue weighted by Gasteiger charge is -2.38. The molecule has 23 heavy (non-hydrogen) atoms. The van der Waals surface area contributed by atoms with Crippen LogP contribution in [0.2, 0.25) is 19.6 Å². The molecule has 0 amide bonds. The summed E-state index contributed by atoms with van der Waals surface area (Å²) in [6, 6.07) is 0. The molecule has 0 aromatic rings. The topological polar surface area (TPSA) is 27.7 Å². The molecule has 0 bridgehead atoms. The Morgan fingerprint density at radius 1 is 0.565 bits per heavy atom. The van der Waals surface area contributed by atoms with Gasteiger partial charge < -0.3 is 13.3 Å². The van der Waals surface area contributed by atoms with E-state index < -0.39 is 54.3 Å². The monoisotopic (exact) mass is 398 g/mol. The lowest BCUT2D eigenvalue weighted by atomic mass is 10.7. The molecule has 14 heteroatoms. The van der Waals surface area contributed by atoms with Gasteiger partial charge in [-0.3, -0.25) is 0 Å². The van der Waals surface area contributed by atoms with Crippen molar-refractivity contribution in [3.63, 3.8) is 0 Å². The molecular formula is C9H15F9O3Si2. The van der Waals surface area contributed by atoms with Gasteiger partial charge in [0.15, 0.2) is 0 Å². The second-order valence-electron chi connectivity index (χ2n) is 5.17. The van der Waals surface area contributed by atoms with Crippen molar-refractivity contribution in [1.82, 2.24) is 0 Å². The Kier molecular flexibility index (Phi) is 7.19. The molecule has 0 fully saturated rings. The second-order valence-corrected chi connectivity index (χ2v) is 17.3. The highest BCUT2D eigenvalue weighted by Crippen LogP contribution is 2.30. The molecule has 0 aromatic carbocycles. The first-order chi connectivity index (χ1) is 9.87. The first kappa shape index (κ1) is 22.7. The molecule has 0 aromatic heterocycles. The fourth-order valence-corrected chi connectivity index (χ4v) is 7.19. The van der Waals surface area contributed by atoms with Crippen molar-refractivity contribution < 1.29 is 52.8 Å². The van der Waals surface area contributed by atoms with E-state index in [1.54, 1.807) is 0 Å². The molecule has 0 atom stereocenters. The molecule has 0 radical (unpaired) electrons. The van der Waals surface area contributed by atoms with E-state index in [9.17, 15) is 39.5 Å². The zero-order valence-corrected chi connectivity index (χ0v) is 14.2. The predicted molar refractivity (Wildman–Crippen MR) is 65.1 cm³/mol. The second kappa shape index (κ2) is 7.29. The van der Waals surface area contributed by atoms with Gasteiger partial charge in [-0.05, 0) is 19.6 Å². The van der Waals surface area contributed by atoms with Crippen LogP contribution in [0.3, 0.4) is 0 Å². The smallest absolute Gasteiger partial charge is 0.405 e. The van der Waals surface area contributed by atoms with Crippen molar-refractivity contribution in [1.29, 1.82) is 0 Å². The predicted octanol–water partition coefficient (Wildman–Crippen LogP) is 4.08. The van der Waals surface area contributed by atoms with Gasteiger partial charge in [0, 0.05) is 0 Å². The van der Waals surface area contributed by atoms with Crippen molar-refractivity contribution in [2.75, 3.05) is 19.8 Å². The Bertz CT molecular complexity index is 360. The summed E-state index contributed by atoms with van der Waals surface area (Å²) in [7, 11) is -8.11. The molecule has 0 heterocycles. The van der Waals surface area contributed by atoms with Crippen LogP contribution in [0, 0.1) is 0 Å². The average Bonchev–Trinajstić information content (AvgIpc) is 2.29. The highest BCUT2D eigenvalue weighted by Gasteiger charge is 2.56. The van der Waals surface area contributed by atoms with E-state index >= 15 is 0 Å². The van der Waals surface area contributed by atoms with E-state index in [2.05, 4.69) is 13.3 Å². The summed E-state index contributed by atoms with van der Waals surface area (Å²) in [6.07, 6.45) is -14.5. The number of hydrogen-bond acceptors (Lipinski definition) is 3. The normalized spacial score (nSPS) is 15.1. The van der Waals surface area contributed by atoms with Crippen LogP contribution in [0.1, 0.15) is 0 Å². The first-order valence-corrected chi connectivity index (χ1v) is 12.2. The van der Waals surface area contributed by atoms with Gasteiger partial charge in [-0.15, -0.1) is 0 Å². The largest absolute Gasteiger partial charge is 0.410 e. The highest BCUT2D eigenvalue weighted by atomic mass is 29.3.